The molecule has 0 aromatic heterocycles. The molecular formula is C14H21O3PS. The van der Waals surface area contributed by atoms with Gasteiger partial charge in [0, 0.05) is 5.25 Å². The van der Waals surface area contributed by atoms with Crippen LogP contribution >= 0.6 is 18.2 Å². The topological polar surface area (TPSA) is 35.5 Å². The van der Waals surface area contributed by atoms with Crippen molar-refractivity contribution in [1.29, 1.82) is 0 Å². The zero-order valence-electron chi connectivity index (χ0n) is 11.6. The van der Waals surface area contributed by atoms with Crippen molar-refractivity contribution in [1.82, 2.24) is 0 Å². The molecule has 1 unspecified atom stereocenters. The fraction of sp³-hybridized carbons (Fsp3) is 0.429. The lowest BCUT2D eigenvalue weighted by molar-refractivity contribution is 0.237. The average molecular weight is 300 g/mol. The summed E-state index contributed by atoms with van der Waals surface area (Å²) in [6.07, 6.45) is 4.02. The van der Waals surface area contributed by atoms with Gasteiger partial charge in [0.25, 0.3) is 0 Å². The summed E-state index contributed by atoms with van der Waals surface area (Å²) in [4.78, 5) is 0. The molecule has 19 heavy (non-hydrogen) atoms. The summed E-state index contributed by atoms with van der Waals surface area (Å²) in [6.45, 7) is 3.36. The molecule has 0 radical (unpaired) electrons. The summed E-state index contributed by atoms with van der Waals surface area (Å²) < 4.78 is 22.8. The number of rotatable bonds is 8. The van der Waals surface area contributed by atoms with Crippen molar-refractivity contribution in [2.24, 2.45) is 0 Å². The maximum Gasteiger partial charge on any atom is 0.389 e. The van der Waals surface area contributed by atoms with Gasteiger partial charge in [-0.1, -0.05) is 42.5 Å². The van der Waals surface area contributed by atoms with E-state index < -0.39 is 6.80 Å². The van der Waals surface area contributed by atoms with Crippen LogP contribution in [0.15, 0.2) is 36.4 Å². The van der Waals surface area contributed by atoms with Crippen molar-refractivity contribution < 1.29 is 13.6 Å². The second-order valence-corrected chi connectivity index (χ2v) is 8.20. The number of hydrogen-bond donors (Lipinski definition) is 0. The summed E-state index contributed by atoms with van der Waals surface area (Å²) in [5.41, 5.74) is 1.12. The molecule has 0 aliphatic carbocycles. The molecule has 0 saturated carbocycles. The first-order valence-electron chi connectivity index (χ1n) is 6.40. The molecule has 3 nitrogen and oxygen atoms in total. The molecule has 0 aliphatic rings. The van der Waals surface area contributed by atoms with Crippen molar-refractivity contribution >= 4 is 24.3 Å². The van der Waals surface area contributed by atoms with Crippen LogP contribution < -0.4 is 0 Å². The SMILES string of the molecule is CCOP(=O)(OCC)SC(C)/C=C/c1ccccc1. The lowest BCUT2D eigenvalue weighted by Gasteiger charge is -2.18. The van der Waals surface area contributed by atoms with Crippen molar-refractivity contribution in [2.45, 2.75) is 26.0 Å². The Morgan fingerprint density at radius 3 is 2.32 bits per heavy atom. The first kappa shape index (κ1) is 16.5. The van der Waals surface area contributed by atoms with Gasteiger partial charge in [0.2, 0.25) is 0 Å². The normalized spacial score (nSPS) is 13.8. The van der Waals surface area contributed by atoms with Crippen LogP contribution in [-0.2, 0) is 13.6 Å². The van der Waals surface area contributed by atoms with E-state index in [0.29, 0.717) is 13.2 Å². The molecule has 0 saturated heterocycles. The molecule has 0 amide bonds. The standard InChI is InChI=1S/C14H21O3PS/c1-4-16-18(15,17-5-2)19-13(3)11-12-14-9-7-6-8-10-14/h6-13H,4-5H2,1-3H3/b12-11+. The smallest absolute Gasteiger partial charge is 0.301 e. The Kier molecular flexibility index (Phi) is 7.47. The molecule has 0 aliphatic heterocycles. The highest BCUT2D eigenvalue weighted by atomic mass is 32.7. The number of benzene rings is 1. The van der Waals surface area contributed by atoms with E-state index in [0.717, 1.165) is 5.56 Å². The molecule has 0 heterocycles. The Balaban J connectivity index is 2.60. The van der Waals surface area contributed by atoms with Crippen LogP contribution in [0.4, 0.5) is 0 Å². The minimum Gasteiger partial charge on any atom is -0.301 e. The highest BCUT2D eigenvalue weighted by molar-refractivity contribution is 8.55. The Morgan fingerprint density at radius 2 is 1.79 bits per heavy atom. The second kappa shape index (κ2) is 8.60. The highest BCUT2D eigenvalue weighted by Crippen LogP contribution is 2.62. The van der Waals surface area contributed by atoms with Gasteiger partial charge in [-0.15, -0.1) is 0 Å². The predicted octanol–water partition coefficient (Wildman–Crippen LogP) is 5.00. The predicted molar refractivity (Wildman–Crippen MR) is 83.4 cm³/mol. The van der Waals surface area contributed by atoms with Gasteiger partial charge >= 0.3 is 6.80 Å². The third kappa shape index (κ3) is 6.44. The lowest BCUT2D eigenvalue weighted by atomic mass is 10.2. The Labute approximate surface area is 119 Å². The Bertz CT molecular complexity index is 424. The van der Waals surface area contributed by atoms with Crippen LogP contribution in [0.5, 0.6) is 0 Å². The van der Waals surface area contributed by atoms with Gasteiger partial charge in [-0.05, 0) is 37.7 Å². The van der Waals surface area contributed by atoms with Gasteiger partial charge in [-0.25, -0.2) is 4.57 Å². The lowest BCUT2D eigenvalue weighted by Crippen LogP contribution is -1.97. The molecule has 0 N–H and O–H groups in total. The maximum atomic E-state index is 12.3. The zero-order valence-corrected chi connectivity index (χ0v) is 13.3. The molecule has 1 rings (SSSR count). The molecular weight excluding hydrogens is 279 g/mol. The minimum absolute atomic E-state index is 0.0594. The summed E-state index contributed by atoms with van der Waals surface area (Å²) in [7, 11) is 0. The third-order valence-corrected chi connectivity index (χ3v) is 6.53. The van der Waals surface area contributed by atoms with Crippen molar-refractivity contribution in [3.63, 3.8) is 0 Å². The Morgan fingerprint density at radius 1 is 1.21 bits per heavy atom. The van der Waals surface area contributed by atoms with Crippen LogP contribution in [-0.4, -0.2) is 18.5 Å². The molecule has 1 aromatic rings. The van der Waals surface area contributed by atoms with E-state index in [1.165, 1.54) is 11.4 Å². The quantitative estimate of drug-likeness (QED) is 0.633. The van der Waals surface area contributed by atoms with Crippen LogP contribution in [0.25, 0.3) is 6.08 Å². The van der Waals surface area contributed by atoms with E-state index >= 15 is 0 Å². The van der Waals surface area contributed by atoms with Gasteiger partial charge in [0.15, 0.2) is 0 Å². The van der Waals surface area contributed by atoms with Gasteiger partial charge in [-0.2, -0.15) is 0 Å². The maximum absolute atomic E-state index is 12.3. The largest absolute Gasteiger partial charge is 0.389 e. The van der Waals surface area contributed by atoms with Crippen molar-refractivity contribution in [3.05, 3.63) is 42.0 Å². The van der Waals surface area contributed by atoms with E-state index in [9.17, 15) is 4.57 Å². The van der Waals surface area contributed by atoms with Crippen molar-refractivity contribution in [2.75, 3.05) is 13.2 Å². The fourth-order valence-corrected chi connectivity index (χ4v) is 5.28. The third-order valence-electron chi connectivity index (χ3n) is 2.23. The minimum atomic E-state index is -3.03. The number of hydrogen-bond acceptors (Lipinski definition) is 4. The van der Waals surface area contributed by atoms with Crippen molar-refractivity contribution in [3.8, 4) is 0 Å². The van der Waals surface area contributed by atoms with Gasteiger partial charge in [-0.3, -0.25) is 0 Å². The molecule has 106 valence electrons. The molecule has 0 spiro atoms. The summed E-state index contributed by atoms with van der Waals surface area (Å²) in [6, 6.07) is 10.0. The van der Waals surface area contributed by atoms with Crippen LogP contribution in [0, 0.1) is 0 Å². The summed E-state index contributed by atoms with van der Waals surface area (Å²) in [5, 5.41) is 0.0594. The fourth-order valence-electron chi connectivity index (χ4n) is 1.46. The summed E-state index contributed by atoms with van der Waals surface area (Å²) >= 11 is 1.24. The second-order valence-electron chi connectivity index (χ2n) is 3.86. The van der Waals surface area contributed by atoms with Gasteiger partial charge in [0.05, 0.1) is 13.2 Å². The van der Waals surface area contributed by atoms with E-state index in [1.807, 2.05) is 63.3 Å². The van der Waals surface area contributed by atoms with Gasteiger partial charge in [0.1, 0.15) is 0 Å². The molecule has 1 atom stereocenters. The first-order chi connectivity index (χ1) is 9.09. The average Bonchev–Trinajstić information content (AvgIpc) is 2.38. The molecule has 1 aromatic carbocycles. The van der Waals surface area contributed by atoms with Crippen LogP contribution in [0.2, 0.25) is 0 Å². The molecule has 5 heteroatoms. The van der Waals surface area contributed by atoms with Gasteiger partial charge < -0.3 is 9.05 Å². The molecule has 0 fully saturated rings. The van der Waals surface area contributed by atoms with E-state index in [4.69, 9.17) is 9.05 Å². The zero-order chi connectivity index (χ0) is 14.1. The van der Waals surface area contributed by atoms with E-state index in [2.05, 4.69) is 0 Å². The Hall–Kier alpha value is -0.540. The summed E-state index contributed by atoms with van der Waals surface area (Å²) in [5.74, 6) is 0. The highest BCUT2D eigenvalue weighted by Gasteiger charge is 2.26. The van der Waals surface area contributed by atoms with Crippen LogP contribution in [0.1, 0.15) is 26.3 Å². The first-order valence-corrected chi connectivity index (χ1v) is 9.43. The van der Waals surface area contributed by atoms with E-state index in [1.54, 1.807) is 0 Å². The molecule has 0 bridgehead atoms. The van der Waals surface area contributed by atoms with Crippen LogP contribution in [0.3, 0.4) is 0 Å². The monoisotopic (exact) mass is 300 g/mol. The van der Waals surface area contributed by atoms with E-state index in [-0.39, 0.29) is 5.25 Å².